The van der Waals surface area contributed by atoms with E-state index in [-0.39, 0.29) is 24.9 Å². The van der Waals surface area contributed by atoms with Crippen molar-refractivity contribution in [3.63, 3.8) is 0 Å². The Morgan fingerprint density at radius 1 is 0.897 bits per heavy atom. The van der Waals surface area contributed by atoms with Crippen LogP contribution in [0.15, 0.2) is 72.8 Å². The van der Waals surface area contributed by atoms with Gasteiger partial charge in [-0.05, 0) is 50.1 Å². The molecule has 0 heterocycles. The van der Waals surface area contributed by atoms with Gasteiger partial charge in [0.2, 0.25) is 21.8 Å². The van der Waals surface area contributed by atoms with E-state index in [0.717, 1.165) is 16.1 Å². The van der Waals surface area contributed by atoms with Crippen LogP contribution in [-0.4, -0.2) is 50.0 Å². The molecule has 7 nitrogen and oxygen atoms in total. The van der Waals surface area contributed by atoms with Gasteiger partial charge in [-0.15, -0.1) is 0 Å². The molecule has 0 spiro atoms. The zero-order valence-corrected chi connectivity index (χ0v) is 24.7. The third-order valence-corrected chi connectivity index (χ3v) is 7.99. The molecule has 0 aliphatic heterocycles. The van der Waals surface area contributed by atoms with Gasteiger partial charge < -0.3 is 10.2 Å². The number of nitrogens with one attached hydrogen (secondary N) is 1. The van der Waals surface area contributed by atoms with E-state index in [1.54, 1.807) is 49.4 Å². The predicted octanol–water partition coefficient (Wildman–Crippen LogP) is 5.23. The Hall–Kier alpha value is -3.07. The normalized spacial score (nSPS) is 12.2. The zero-order valence-electron chi connectivity index (χ0n) is 22.4. The Labute approximate surface area is 240 Å². The number of nitrogens with zero attached hydrogens (tertiary/aromatic N) is 2. The van der Waals surface area contributed by atoms with Gasteiger partial charge in [-0.2, -0.15) is 0 Å². The number of hydrogen-bond acceptors (Lipinski definition) is 4. The van der Waals surface area contributed by atoms with Crippen molar-refractivity contribution < 1.29 is 18.0 Å². The summed E-state index contributed by atoms with van der Waals surface area (Å²) in [5.41, 5.74) is 2.37. The number of benzene rings is 3. The van der Waals surface area contributed by atoms with Gasteiger partial charge >= 0.3 is 0 Å². The van der Waals surface area contributed by atoms with Crippen LogP contribution in [0.3, 0.4) is 0 Å². The lowest BCUT2D eigenvalue weighted by molar-refractivity contribution is -0.140. The maximum Gasteiger partial charge on any atom is 0.244 e. The molecule has 0 aliphatic carbocycles. The quantitative estimate of drug-likeness (QED) is 0.331. The molecule has 0 unspecified atom stereocenters. The molecule has 1 N–H and O–H groups in total. The zero-order chi connectivity index (χ0) is 28.7. The molecule has 3 rings (SSSR count). The predicted molar refractivity (Wildman–Crippen MR) is 158 cm³/mol. The topological polar surface area (TPSA) is 86.8 Å². The average molecular weight is 591 g/mol. The van der Waals surface area contributed by atoms with Crippen molar-refractivity contribution >= 4 is 50.7 Å². The maximum absolute atomic E-state index is 14.1. The van der Waals surface area contributed by atoms with Gasteiger partial charge in [-0.3, -0.25) is 13.9 Å². The van der Waals surface area contributed by atoms with Crippen molar-refractivity contribution in [2.24, 2.45) is 0 Å². The highest BCUT2D eigenvalue weighted by atomic mass is 35.5. The molecule has 3 aromatic rings. The smallest absolute Gasteiger partial charge is 0.244 e. The molecule has 208 valence electrons. The van der Waals surface area contributed by atoms with Crippen molar-refractivity contribution in [3.8, 4) is 0 Å². The third-order valence-electron chi connectivity index (χ3n) is 6.16. The largest absolute Gasteiger partial charge is 0.352 e. The fourth-order valence-electron chi connectivity index (χ4n) is 4.23. The van der Waals surface area contributed by atoms with E-state index in [9.17, 15) is 18.0 Å². The van der Waals surface area contributed by atoms with Gasteiger partial charge in [0.15, 0.2) is 0 Å². The molecule has 10 heteroatoms. The molecule has 0 bridgehead atoms. The first-order valence-corrected chi connectivity index (χ1v) is 15.1. The second-order valence-electron chi connectivity index (χ2n) is 9.65. The van der Waals surface area contributed by atoms with Crippen LogP contribution in [0.4, 0.5) is 5.69 Å². The van der Waals surface area contributed by atoms with Crippen molar-refractivity contribution in [2.75, 3.05) is 17.1 Å². The average Bonchev–Trinajstić information content (AvgIpc) is 2.86. The molecule has 0 saturated heterocycles. The van der Waals surface area contributed by atoms with Crippen LogP contribution in [-0.2, 0) is 32.6 Å². The van der Waals surface area contributed by atoms with Crippen LogP contribution in [0.2, 0.25) is 10.0 Å². The van der Waals surface area contributed by atoms with Crippen molar-refractivity contribution in [3.05, 3.63) is 99.5 Å². The number of aryl methyl sites for hydroxylation is 1. The number of anilines is 1. The summed E-state index contributed by atoms with van der Waals surface area (Å²) >= 11 is 12.9. The Morgan fingerprint density at radius 2 is 1.49 bits per heavy atom. The Kier molecular flexibility index (Phi) is 10.4. The fraction of sp³-hybridized carbons (Fsp3) is 0.310. The number of rotatable bonds is 11. The standard InChI is InChI=1S/C29H33Cl2N3O4S/c1-20(2)32-29(36)27(17-22-12-6-5-7-13-22)33(18-23-24(30)14-10-15-25(23)31)28(35)19-34(39(4,37)38)26-16-9-8-11-21(26)3/h5-16,20,27H,17-19H2,1-4H3,(H,32,36)/t27-/m1/s1. The lowest BCUT2D eigenvalue weighted by Gasteiger charge is -2.34. The van der Waals surface area contributed by atoms with Crippen LogP contribution < -0.4 is 9.62 Å². The summed E-state index contributed by atoms with van der Waals surface area (Å²) in [6.45, 7) is 4.83. The van der Waals surface area contributed by atoms with E-state index in [0.29, 0.717) is 26.9 Å². The lowest BCUT2D eigenvalue weighted by Crippen LogP contribution is -2.54. The summed E-state index contributed by atoms with van der Waals surface area (Å²) < 4.78 is 26.8. The summed E-state index contributed by atoms with van der Waals surface area (Å²) in [4.78, 5) is 29.0. The molecular weight excluding hydrogens is 557 g/mol. The van der Waals surface area contributed by atoms with E-state index in [4.69, 9.17) is 23.2 Å². The molecule has 0 aromatic heterocycles. The molecule has 39 heavy (non-hydrogen) atoms. The number of halogens is 2. The first-order chi connectivity index (χ1) is 18.4. The number of carbonyl (C=O) groups is 2. The molecule has 0 radical (unpaired) electrons. The molecular formula is C29H33Cl2N3O4S. The SMILES string of the molecule is Cc1ccccc1N(CC(=O)N(Cc1c(Cl)cccc1Cl)[C@H](Cc1ccccc1)C(=O)NC(C)C)S(C)(=O)=O. The Bertz CT molecular complexity index is 1390. The fourth-order valence-corrected chi connectivity index (χ4v) is 5.65. The van der Waals surface area contributed by atoms with Crippen LogP contribution in [0.25, 0.3) is 0 Å². The highest BCUT2D eigenvalue weighted by molar-refractivity contribution is 7.92. The van der Waals surface area contributed by atoms with Crippen LogP contribution >= 0.6 is 23.2 Å². The van der Waals surface area contributed by atoms with Crippen molar-refractivity contribution in [2.45, 2.75) is 45.8 Å². The lowest BCUT2D eigenvalue weighted by atomic mass is 10.0. The first kappa shape index (κ1) is 30.5. The first-order valence-electron chi connectivity index (χ1n) is 12.5. The van der Waals surface area contributed by atoms with E-state index in [1.807, 2.05) is 44.2 Å². The summed E-state index contributed by atoms with van der Waals surface area (Å²) in [6.07, 6.45) is 1.26. The van der Waals surface area contributed by atoms with Crippen LogP contribution in [0.1, 0.15) is 30.5 Å². The van der Waals surface area contributed by atoms with Crippen molar-refractivity contribution in [1.29, 1.82) is 0 Å². The van der Waals surface area contributed by atoms with Gasteiger partial charge in [0, 0.05) is 34.6 Å². The number of sulfonamides is 1. The molecule has 1 atom stereocenters. The van der Waals surface area contributed by atoms with E-state index in [2.05, 4.69) is 5.32 Å². The second-order valence-corrected chi connectivity index (χ2v) is 12.4. The number of hydrogen-bond donors (Lipinski definition) is 1. The second kappa shape index (κ2) is 13.3. The number of carbonyl (C=O) groups excluding carboxylic acids is 2. The van der Waals surface area contributed by atoms with Gasteiger partial charge in [-0.25, -0.2) is 8.42 Å². The Balaban J connectivity index is 2.11. The summed E-state index contributed by atoms with van der Waals surface area (Å²) in [5.74, 6) is -0.938. The third kappa shape index (κ3) is 8.21. The number of amides is 2. The van der Waals surface area contributed by atoms with Gasteiger partial charge in [0.1, 0.15) is 12.6 Å². The summed E-state index contributed by atoms with van der Waals surface area (Å²) in [5, 5.41) is 3.58. The van der Waals surface area contributed by atoms with Gasteiger partial charge in [0.05, 0.1) is 11.9 Å². The molecule has 2 amide bonds. The molecule has 0 aliphatic rings. The molecule has 3 aromatic carbocycles. The monoisotopic (exact) mass is 589 g/mol. The van der Waals surface area contributed by atoms with Gasteiger partial charge in [-0.1, -0.05) is 77.8 Å². The maximum atomic E-state index is 14.1. The molecule has 0 fully saturated rings. The van der Waals surface area contributed by atoms with Crippen molar-refractivity contribution in [1.82, 2.24) is 10.2 Å². The van der Waals surface area contributed by atoms with E-state index < -0.39 is 28.5 Å². The minimum absolute atomic E-state index is 0.0915. The van der Waals surface area contributed by atoms with E-state index in [1.165, 1.54) is 4.90 Å². The van der Waals surface area contributed by atoms with Crippen LogP contribution in [0.5, 0.6) is 0 Å². The van der Waals surface area contributed by atoms with Gasteiger partial charge in [0.25, 0.3) is 0 Å². The summed E-state index contributed by atoms with van der Waals surface area (Å²) in [7, 11) is -3.85. The van der Waals surface area contributed by atoms with Crippen LogP contribution in [0, 0.1) is 6.92 Å². The Morgan fingerprint density at radius 3 is 2.05 bits per heavy atom. The minimum Gasteiger partial charge on any atom is -0.352 e. The minimum atomic E-state index is -3.85. The summed E-state index contributed by atoms with van der Waals surface area (Å²) in [6, 6.07) is 20.1. The number of para-hydroxylation sites is 1. The highest BCUT2D eigenvalue weighted by Gasteiger charge is 2.34. The van der Waals surface area contributed by atoms with E-state index >= 15 is 0 Å². The highest BCUT2D eigenvalue weighted by Crippen LogP contribution is 2.28. The molecule has 0 saturated carbocycles.